The lowest BCUT2D eigenvalue weighted by Crippen LogP contribution is -2.40. The number of fused-ring (bicyclic) bond motifs is 1. The molecule has 1 aromatic carbocycles. The highest BCUT2D eigenvalue weighted by molar-refractivity contribution is 7.90. The summed E-state index contributed by atoms with van der Waals surface area (Å²) in [7, 11) is -1.19. The van der Waals surface area contributed by atoms with Crippen LogP contribution in [0.15, 0.2) is 18.2 Å². The van der Waals surface area contributed by atoms with E-state index < -0.39 is 9.84 Å². The molecule has 2 rings (SSSR count). The van der Waals surface area contributed by atoms with Gasteiger partial charge in [0.25, 0.3) is 0 Å². The fourth-order valence-electron chi connectivity index (χ4n) is 2.88. The normalized spacial score (nSPS) is 19.9. The molecule has 2 atom stereocenters. The third-order valence-electron chi connectivity index (χ3n) is 4.08. The Hall–Kier alpha value is -1.07. The van der Waals surface area contributed by atoms with Crippen molar-refractivity contribution in [1.29, 1.82) is 0 Å². The Bertz CT molecular complexity index is 583. The molecule has 0 fully saturated rings. The largest absolute Gasteiger partial charge is 0.497 e. The second-order valence-corrected chi connectivity index (χ2v) is 8.32. The quantitative estimate of drug-likeness (QED) is 0.872. The van der Waals surface area contributed by atoms with Crippen molar-refractivity contribution >= 4 is 9.84 Å². The maximum atomic E-state index is 11.2. The molecular weight excluding hydrogens is 286 g/mol. The SMILES string of the molecule is COc1ccc2c(c1)C[C@@H](N[C@@H](C)CCS(C)(=O)=O)CC2. The van der Waals surface area contributed by atoms with Crippen molar-refractivity contribution in [1.82, 2.24) is 5.32 Å². The van der Waals surface area contributed by atoms with Gasteiger partial charge < -0.3 is 10.1 Å². The summed E-state index contributed by atoms with van der Waals surface area (Å²) < 4.78 is 27.7. The Balaban J connectivity index is 1.91. The molecule has 0 spiro atoms. The van der Waals surface area contributed by atoms with Crippen LogP contribution in [0, 0.1) is 0 Å². The molecular formula is C16H25NO3S. The van der Waals surface area contributed by atoms with Gasteiger partial charge in [-0.3, -0.25) is 0 Å². The summed E-state index contributed by atoms with van der Waals surface area (Å²) >= 11 is 0. The Kier molecular flexibility index (Phi) is 5.27. The fourth-order valence-corrected chi connectivity index (χ4v) is 3.66. The lowest BCUT2D eigenvalue weighted by molar-refractivity contribution is 0.395. The molecule has 0 saturated carbocycles. The van der Waals surface area contributed by atoms with Crippen LogP contribution in [-0.2, 0) is 22.7 Å². The monoisotopic (exact) mass is 311 g/mol. The molecule has 5 heteroatoms. The Morgan fingerprint density at radius 1 is 1.38 bits per heavy atom. The van der Waals surface area contributed by atoms with Crippen LogP contribution in [0.1, 0.15) is 30.9 Å². The van der Waals surface area contributed by atoms with Crippen LogP contribution in [0.2, 0.25) is 0 Å². The first kappa shape index (κ1) is 16.3. The van der Waals surface area contributed by atoms with Crippen LogP contribution < -0.4 is 10.1 Å². The van der Waals surface area contributed by atoms with Gasteiger partial charge >= 0.3 is 0 Å². The molecule has 0 radical (unpaired) electrons. The number of hydrogen-bond donors (Lipinski definition) is 1. The van der Waals surface area contributed by atoms with Gasteiger partial charge in [-0.2, -0.15) is 0 Å². The van der Waals surface area contributed by atoms with E-state index in [0.717, 1.165) is 25.0 Å². The van der Waals surface area contributed by atoms with Gasteiger partial charge in [-0.05, 0) is 55.9 Å². The lowest BCUT2D eigenvalue weighted by Gasteiger charge is -2.28. The highest BCUT2D eigenvalue weighted by Gasteiger charge is 2.20. The number of benzene rings is 1. The highest BCUT2D eigenvalue weighted by Crippen LogP contribution is 2.25. The average molecular weight is 311 g/mol. The zero-order chi connectivity index (χ0) is 15.5. The predicted molar refractivity (Wildman–Crippen MR) is 85.7 cm³/mol. The fraction of sp³-hybridized carbons (Fsp3) is 0.625. The second kappa shape index (κ2) is 6.79. The molecule has 0 bridgehead atoms. The van der Waals surface area contributed by atoms with Gasteiger partial charge in [0.15, 0.2) is 0 Å². The molecule has 0 unspecified atom stereocenters. The van der Waals surface area contributed by atoms with Gasteiger partial charge in [0.1, 0.15) is 15.6 Å². The molecule has 21 heavy (non-hydrogen) atoms. The molecule has 0 saturated heterocycles. The topological polar surface area (TPSA) is 55.4 Å². The third kappa shape index (κ3) is 5.00. The van der Waals surface area contributed by atoms with E-state index in [1.807, 2.05) is 6.07 Å². The van der Waals surface area contributed by atoms with E-state index in [2.05, 4.69) is 24.4 Å². The van der Waals surface area contributed by atoms with Crippen molar-refractivity contribution in [3.8, 4) is 5.75 Å². The number of sulfone groups is 1. The van der Waals surface area contributed by atoms with E-state index >= 15 is 0 Å². The van der Waals surface area contributed by atoms with Crippen LogP contribution in [-0.4, -0.2) is 39.6 Å². The number of aryl methyl sites for hydroxylation is 1. The molecule has 0 aliphatic heterocycles. The van der Waals surface area contributed by atoms with E-state index in [9.17, 15) is 8.42 Å². The molecule has 0 heterocycles. The highest BCUT2D eigenvalue weighted by atomic mass is 32.2. The van der Waals surface area contributed by atoms with E-state index in [-0.39, 0.29) is 11.8 Å². The number of rotatable bonds is 6. The van der Waals surface area contributed by atoms with Gasteiger partial charge in [0, 0.05) is 18.3 Å². The number of hydrogen-bond acceptors (Lipinski definition) is 4. The van der Waals surface area contributed by atoms with E-state index in [0.29, 0.717) is 12.5 Å². The van der Waals surface area contributed by atoms with Crippen molar-refractivity contribution in [2.24, 2.45) is 0 Å². The Morgan fingerprint density at radius 3 is 2.81 bits per heavy atom. The zero-order valence-corrected chi connectivity index (χ0v) is 13.9. The van der Waals surface area contributed by atoms with Crippen LogP contribution in [0.25, 0.3) is 0 Å². The minimum absolute atomic E-state index is 0.219. The average Bonchev–Trinajstić information content (AvgIpc) is 2.43. The minimum atomic E-state index is -2.87. The maximum Gasteiger partial charge on any atom is 0.147 e. The summed E-state index contributed by atoms with van der Waals surface area (Å²) in [5.74, 6) is 1.15. The second-order valence-electron chi connectivity index (χ2n) is 6.06. The molecule has 1 aliphatic carbocycles. The third-order valence-corrected chi connectivity index (χ3v) is 5.06. The summed E-state index contributed by atoms with van der Waals surface area (Å²) in [4.78, 5) is 0. The summed E-state index contributed by atoms with van der Waals surface area (Å²) in [6, 6.07) is 6.92. The van der Waals surface area contributed by atoms with Crippen LogP contribution in [0.3, 0.4) is 0 Å². The Labute approximate surface area is 127 Å². The first-order chi connectivity index (χ1) is 9.87. The molecule has 1 N–H and O–H groups in total. The molecule has 118 valence electrons. The molecule has 1 aromatic rings. The van der Waals surface area contributed by atoms with E-state index in [4.69, 9.17) is 4.74 Å². The van der Waals surface area contributed by atoms with Gasteiger partial charge in [-0.25, -0.2) is 8.42 Å². The number of methoxy groups -OCH3 is 1. The maximum absolute atomic E-state index is 11.2. The standard InChI is InChI=1S/C16H25NO3S/c1-12(8-9-21(3,18)19)17-15-6-4-13-5-7-16(20-2)11-14(13)10-15/h5,7,11-12,15,17H,4,6,8-10H2,1-3H3/t12-,15-/m0/s1. The lowest BCUT2D eigenvalue weighted by atomic mass is 9.87. The van der Waals surface area contributed by atoms with E-state index in [1.54, 1.807) is 7.11 Å². The summed E-state index contributed by atoms with van der Waals surface area (Å²) in [5, 5.41) is 3.56. The zero-order valence-electron chi connectivity index (χ0n) is 13.1. The first-order valence-corrected chi connectivity index (χ1v) is 9.53. The van der Waals surface area contributed by atoms with Crippen molar-refractivity contribution in [2.45, 2.75) is 44.7 Å². The summed E-state index contributed by atoms with van der Waals surface area (Å²) in [5.41, 5.74) is 2.74. The van der Waals surface area contributed by atoms with Crippen molar-refractivity contribution in [3.05, 3.63) is 29.3 Å². The van der Waals surface area contributed by atoms with Gasteiger partial charge in [0.05, 0.1) is 12.9 Å². The number of nitrogens with one attached hydrogen (secondary N) is 1. The summed E-state index contributed by atoms with van der Waals surface area (Å²) in [6.45, 7) is 2.06. The molecule has 0 amide bonds. The first-order valence-electron chi connectivity index (χ1n) is 7.47. The van der Waals surface area contributed by atoms with Crippen molar-refractivity contribution < 1.29 is 13.2 Å². The molecule has 4 nitrogen and oxygen atoms in total. The van der Waals surface area contributed by atoms with E-state index in [1.165, 1.54) is 17.4 Å². The van der Waals surface area contributed by atoms with Crippen LogP contribution >= 0.6 is 0 Å². The van der Waals surface area contributed by atoms with Crippen LogP contribution in [0.5, 0.6) is 5.75 Å². The summed E-state index contributed by atoms with van der Waals surface area (Å²) in [6.07, 6.45) is 5.11. The van der Waals surface area contributed by atoms with Gasteiger partial charge in [0.2, 0.25) is 0 Å². The van der Waals surface area contributed by atoms with Crippen LogP contribution in [0.4, 0.5) is 0 Å². The molecule has 0 aromatic heterocycles. The molecule has 1 aliphatic rings. The van der Waals surface area contributed by atoms with Crippen molar-refractivity contribution in [2.75, 3.05) is 19.1 Å². The smallest absolute Gasteiger partial charge is 0.147 e. The minimum Gasteiger partial charge on any atom is -0.497 e. The number of ether oxygens (including phenoxy) is 1. The van der Waals surface area contributed by atoms with Gasteiger partial charge in [-0.15, -0.1) is 0 Å². The van der Waals surface area contributed by atoms with Gasteiger partial charge in [-0.1, -0.05) is 6.07 Å². The predicted octanol–water partition coefficient (Wildman–Crippen LogP) is 1.97. The Morgan fingerprint density at radius 2 is 2.14 bits per heavy atom. The van der Waals surface area contributed by atoms with Crippen molar-refractivity contribution in [3.63, 3.8) is 0 Å².